The van der Waals surface area contributed by atoms with Gasteiger partial charge >= 0.3 is 0 Å². The fourth-order valence-corrected chi connectivity index (χ4v) is 4.15. The summed E-state index contributed by atoms with van der Waals surface area (Å²) in [5.41, 5.74) is 2.70. The van der Waals surface area contributed by atoms with E-state index in [9.17, 15) is 9.59 Å². The molecule has 1 saturated carbocycles. The van der Waals surface area contributed by atoms with E-state index in [4.69, 9.17) is 4.74 Å². The largest absolute Gasteiger partial charge is 0.497 e. The van der Waals surface area contributed by atoms with Crippen molar-refractivity contribution >= 4 is 11.8 Å². The van der Waals surface area contributed by atoms with E-state index in [0.29, 0.717) is 11.3 Å². The minimum Gasteiger partial charge on any atom is -0.497 e. The zero-order chi connectivity index (χ0) is 23.0. The molecule has 1 aliphatic carbocycles. The molecule has 4 rings (SSSR count). The maximum absolute atomic E-state index is 13.1. The van der Waals surface area contributed by atoms with Crippen LogP contribution in [0.2, 0.25) is 0 Å². The van der Waals surface area contributed by atoms with Gasteiger partial charge in [-0.05, 0) is 49.2 Å². The lowest BCUT2D eigenvalue weighted by atomic mass is 9.95. The third kappa shape index (κ3) is 5.80. The first-order chi connectivity index (χ1) is 16.1. The van der Waals surface area contributed by atoms with Gasteiger partial charge in [0.05, 0.1) is 18.4 Å². The second-order valence-corrected chi connectivity index (χ2v) is 8.31. The van der Waals surface area contributed by atoms with E-state index in [1.807, 2.05) is 54.6 Å². The highest BCUT2D eigenvalue weighted by molar-refractivity contribution is 6.00. The maximum Gasteiger partial charge on any atom is 0.255 e. The predicted octanol–water partition coefficient (Wildman–Crippen LogP) is 4.12. The summed E-state index contributed by atoms with van der Waals surface area (Å²) >= 11 is 0. The summed E-state index contributed by atoms with van der Waals surface area (Å²) < 4.78 is 6.94. The number of para-hydroxylation sites is 1. The van der Waals surface area contributed by atoms with Crippen LogP contribution in [-0.2, 0) is 4.79 Å². The van der Waals surface area contributed by atoms with E-state index in [2.05, 4.69) is 15.7 Å². The predicted molar refractivity (Wildman–Crippen MR) is 128 cm³/mol. The molecule has 2 amide bonds. The Labute approximate surface area is 194 Å². The van der Waals surface area contributed by atoms with Crippen LogP contribution in [0.3, 0.4) is 0 Å². The van der Waals surface area contributed by atoms with Gasteiger partial charge in [-0.1, -0.05) is 37.5 Å². The molecule has 0 saturated heterocycles. The van der Waals surface area contributed by atoms with E-state index in [-0.39, 0.29) is 30.8 Å². The molecule has 0 unspecified atom stereocenters. The highest BCUT2D eigenvalue weighted by Crippen LogP contribution is 2.26. The van der Waals surface area contributed by atoms with Gasteiger partial charge in [0.15, 0.2) is 0 Å². The lowest BCUT2D eigenvalue weighted by Crippen LogP contribution is -2.38. The van der Waals surface area contributed by atoms with Crippen LogP contribution < -0.4 is 15.4 Å². The van der Waals surface area contributed by atoms with Crippen molar-refractivity contribution in [3.63, 3.8) is 0 Å². The molecule has 1 heterocycles. The lowest BCUT2D eigenvalue weighted by Gasteiger charge is -2.22. The first kappa shape index (κ1) is 22.6. The molecule has 2 aromatic carbocycles. The standard InChI is InChI=1S/C26H30N4O3/c1-33-22-14-12-19(13-15-22)25-23(18-30(29-25)21-10-6-3-7-11-21)26(32)27-17-16-24(31)28-20-8-4-2-5-9-20/h3,6-7,10-15,18,20H,2,4-5,8-9,16-17H2,1H3,(H,27,32)(H,28,31). The van der Waals surface area contributed by atoms with Crippen LogP contribution >= 0.6 is 0 Å². The molecule has 0 radical (unpaired) electrons. The number of rotatable bonds is 8. The molecular formula is C26H30N4O3. The second kappa shape index (κ2) is 10.8. The van der Waals surface area contributed by atoms with Gasteiger partial charge < -0.3 is 15.4 Å². The van der Waals surface area contributed by atoms with Crippen LogP contribution in [0, 0.1) is 0 Å². The van der Waals surface area contributed by atoms with E-state index in [1.165, 1.54) is 19.3 Å². The van der Waals surface area contributed by atoms with Crippen LogP contribution in [0.5, 0.6) is 5.75 Å². The Balaban J connectivity index is 1.46. The average molecular weight is 447 g/mol. The molecule has 172 valence electrons. The van der Waals surface area contributed by atoms with Gasteiger partial charge in [0, 0.05) is 30.8 Å². The van der Waals surface area contributed by atoms with Crippen molar-refractivity contribution in [3.05, 3.63) is 66.4 Å². The number of carbonyl (C=O) groups is 2. The zero-order valence-electron chi connectivity index (χ0n) is 18.9. The number of benzene rings is 2. The van der Waals surface area contributed by atoms with Crippen LogP contribution in [0.15, 0.2) is 60.8 Å². The van der Waals surface area contributed by atoms with Gasteiger partial charge in [-0.25, -0.2) is 4.68 Å². The van der Waals surface area contributed by atoms with E-state index in [0.717, 1.165) is 29.8 Å². The summed E-state index contributed by atoms with van der Waals surface area (Å²) in [7, 11) is 1.61. The second-order valence-electron chi connectivity index (χ2n) is 8.31. The van der Waals surface area contributed by atoms with Crippen molar-refractivity contribution in [1.82, 2.24) is 20.4 Å². The van der Waals surface area contributed by atoms with Gasteiger partial charge in [0.25, 0.3) is 5.91 Å². The number of aromatic nitrogens is 2. The van der Waals surface area contributed by atoms with Crippen LogP contribution in [0.1, 0.15) is 48.9 Å². The fraction of sp³-hybridized carbons (Fsp3) is 0.346. The lowest BCUT2D eigenvalue weighted by molar-refractivity contribution is -0.121. The van der Waals surface area contributed by atoms with Gasteiger partial charge in [-0.2, -0.15) is 5.10 Å². The topological polar surface area (TPSA) is 85.2 Å². The third-order valence-corrected chi connectivity index (χ3v) is 5.95. The molecule has 0 bridgehead atoms. The summed E-state index contributed by atoms with van der Waals surface area (Å²) in [5, 5.41) is 10.7. The van der Waals surface area contributed by atoms with Crippen molar-refractivity contribution in [2.24, 2.45) is 0 Å². The minimum atomic E-state index is -0.256. The summed E-state index contributed by atoms with van der Waals surface area (Å²) in [4.78, 5) is 25.3. The van der Waals surface area contributed by atoms with Crippen LogP contribution in [0.25, 0.3) is 16.9 Å². The summed E-state index contributed by atoms with van der Waals surface area (Å²) in [6, 6.07) is 17.4. The molecule has 0 spiro atoms. The van der Waals surface area contributed by atoms with Crippen molar-refractivity contribution in [2.45, 2.75) is 44.6 Å². The fourth-order valence-electron chi connectivity index (χ4n) is 4.15. The first-order valence-electron chi connectivity index (χ1n) is 11.5. The van der Waals surface area contributed by atoms with Crippen molar-refractivity contribution in [1.29, 1.82) is 0 Å². The number of amides is 2. The Morgan fingerprint density at radius 2 is 1.76 bits per heavy atom. The monoisotopic (exact) mass is 446 g/mol. The summed E-state index contributed by atoms with van der Waals surface area (Å²) in [5.74, 6) is 0.460. The molecule has 7 nitrogen and oxygen atoms in total. The molecule has 1 aliphatic rings. The van der Waals surface area contributed by atoms with E-state index >= 15 is 0 Å². The van der Waals surface area contributed by atoms with Crippen molar-refractivity contribution in [2.75, 3.05) is 13.7 Å². The highest BCUT2D eigenvalue weighted by atomic mass is 16.5. The van der Waals surface area contributed by atoms with Gasteiger partial charge in [-0.3, -0.25) is 9.59 Å². The minimum absolute atomic E-state index is 0.0161. The molecule has 3 aromatic rings. The molecule has 33 heavy (non-hydrogen) atoms. The quantitative estimate of drug-likeness (QED) is 0.545. The first-order valence-corrected chi connectivity index (χ1v) is 11.5. The SMILES string of the molecule is COc1ccc(-c2nn(-c3ccccc3)cc2C(=O)NCCC(=O)NC2CCCCC2)cc1. The van der Waals surface area contributed by atoms with Gasteiger partial charge in [0.2, 0.25) is 5.91 Å². The van der Waals surface area contributed by atoms with E-state index < -0.39 is 0 Å². The van der Waals surface area contributed by atoms with Crippen LogP contribution in [0.4, 0.5) is 0 Å². The number of hydrogen-bond donors (Lipinski definition) is 2. The molecule has 0 atom stereocenters. The summed E-state index contributed by atoms with van der Waals surface area (Å²) in [6.45, 7) is 0.274. The Morgan fingerprint density at radius 3 is 2.45 bits per heavy atom. The number of nitrogens with zero attached hydrogens (tertiary/aromatic N) is 2. The normalized spacial score (nSPS) is 14.0. The maximum atomic E-state index is 13.1. The number of methoxy groups -OCH3 is 1. The third-order valence-electron chi connectivity index (χ3n) is 5.95. The summed E-state index contributed by atoms with van der Waals surface area (Å²) in [6.07, 6.45) is 7.65. The molecule has 2 N–H and O–H groups in total. The molecular weight excluding hydrogens is 416 g/mol. The molecule has 0 aliphatic heterocycles. The van der Waals surface area contributed by atoms with Gasteiger partial charge in [0.1, 0.15) is 11.4 Å². The van der Waals surface area contributed by atoms with Crippen molar-refractivity contribution < 1.29 is 14.3 Å². The smallest absolute Gasteiger partial charge is 0.255 e. The highest BCUT2D eigenvalue weighted by Gasteiger charge is 2.20. The van der Waals surface area contributed by atoms with Gasteiger partial charge in [-0.15, -0.1) is 0 Å². The Morgan fingerprint density at radius 1 is 1.03 bits per heavy atom. The molecule has 7 heteroatoms. The molecule has 1 aromatic heterocycles. The number of ether oxygens (including phenoxy) is 1. The zero-order valence-corrected chi connectivity index (χ0v) is 18.9. The average Bonchev–Trinajstić information content (AvgIpc) is 3.31. The Kier molecular flexibility index (Phi) is 7.40. The van der Waals surface area contributed by atoms with Crippen molar-refractivity contribution in [3.8, 4) is 22.7 Å². The Bertz CT molecular complexity index is 1070. The van der Waals surface area contributed by atoms with Crippen LogP contribution in [-0.4, -0.2) is 41.3 Å². The number of nitrogens with one attached hydrogen (secondary N) is 2. The number of carbonyl (C=O) groups excluding carboxylic acids is 2. The molecule has 1 fully saturated rings. The number of hydrogen-bond acceptors (Lipinski definition) is 4. The Hall–Kier alpha value is -3.61. The van der Waals surface area contributed by atoms with E-state index in [1.54, 1.807) is 18.0 Å².